The molecular weight excluding hydrogens is 461 g/mol. The number of aliphatic hydroxyl groups excluding tert-OH is 2. The summed E-state index contributed by atoms with van der Waals surface area (Å²) < 4.78 is 23.7. The van der Waals surface area contributed by atoms with Crippen LogP contribution in [0.4, 0.5) is 10.1 Å². The first-order valence-electron chi connectivity index (χ1n) is 13.0. The number of allylic oxidation sites excluding steroid dienone is 2. The maximum atomic E-state index is 16.8. The molecule has 3 heterocycles. The van der Waals surface area contributed by atoms with Crippen LogP contribution in [-0.2, 0) is 9.53 Å². The third kappa shape index (κ3) is 2.93. The number of rotatable bonds is 3. The summed E-state index contributed by atoms with van der Waals surface area (Å²) in [5, 5.41) is 24.9. The highest BCUT2D eigenvalue weighted by molar-refractivity contribution is 6.05. The third-order valence-corrected chi connectivity index (χ3v) is 10.2. The predicted octanol–water partition coefficient (Wildman–Crippen LogP) is 3.07. The van der Waals surface area contributed by atoms with Gasteiger partial charge in [0.05, 0.1) is 23.1 Å². The number of likely N-dealkylation sites (N-methyl/N-ethyl adjacent to an activating group) is 1. The Balaban J connectivity index is 1.34. The van der Waals surface area contributed by atoms with Gasteiger partial charge in [0.25, 0.3) is 5.91 Å². The number of fused-ring (bicyclic) bond motifs is 1. The zero-order valence-corrected chi connectivity index (χ0v) is 21.4. The molecule has 3 aliphatic carbocycles. The number of nitrogens with one attached hydrogen (secondary N) is 1. The van der Waals surface area contributed by atoms with Crippen LogP contribution in [0, 0.1) is 18.3 Å². The average molecular weight is 498 g/mol. The first-order valence-corrected chi connectivity index (χ1v) is 13.0. The van der Waals surface area contributed by atoms with Gasteiger partial charge in [-0.25, -0.2) is 4.39 Å². The minimum atomic E-state index is -2.04. The van der Waals surface area contributed by atoms with E-state index in [1.54, 1.807) is 12.3 Å². The lowest BCUT2D eigenvalue weighted by atomic mass is 9.57. The van der Waals surface area contributed by atoms with Crippen LogP contribution in [0.3, 0.4) is 0 Å². The number of carbonyl (C=O) groups excluding carboxylic acids is 1. The van der Waals surface area contributed by atoms with Gasteiger partial charge in [0, 0.05) is 35.6 Å². The van der Waals surface area contributed by atoms with Crippen molar-refractivity contribution < 1.29 is 24.1 Å². The van der Waals surface area contributed by atoms with Gasteiger partial charge in [0.2, 0.25) is 0 Å². The molecule has 8 unspecified atom stereocenters. The van der Waals surface area contributed by atoms with Gasteiger partial charge in [-0.05, 0) is 70.8 Å². The maximum absolute atomic E-state index is 16.8. The van der Waals surface area contributed by atoms with Crippen LogP contribution in [0.25, 0.3) is 0 Å². The minimum absolute atomic E-state index is 0.00599. The summed E-state index contributed by atoms with van der Waals surface area (Å²) in [6.45, 7) is 3.99. The molecule has 8 atom stereocenters. The van der Waals surface area contributed by atoms with Crippen LogP contribution in [0.2, 0.25) is 0 Å². The molecule has 194 valence electrons. The fourth-order valence-corrected chi connectivity index (χ4v) is 8.14. The zero-order chi connectivity index (χ0) is 25.7. The van der Waals surface area contributed by atoms with E-state index in [0.717, 1.165) is 16.8 Å². The summed E-state index contributed by atoms with van der Waals surface area (Å²) in [6.07, 6.45) is 5.89. The Hall–Kier alpha value is -2.13. The Bertz CT molecular complexity index is 1190. The topological polar surface area (TPSA) is 94.9 Å². The van der Waals surface area contributed by atoms with Crippen molar-refractivity contribution in [3.63, 3.8) is 0 Å². The lowest BCUT2D eigenvalue weighted by Gasteiger charge is -2.61. The van der Waals surface area contributed by atoms with E-state index in [1.165, 1.54) is 0 Å². The smallest absolute Gasteiger partial charge is 0.251 e. The molecule has 3 N–H and O–H groups in total. The summed E-state index contributed by atoms with van der Waals surface area (Å²) in [6, 6.07) is 3.26. The Morgan fingerprint density at radius 1 is 1.28 bits per heavy atom. The Labute approximate surface area is 211 Å². The van der Waals surface area contributed by atoms with Gasteiger partial charge in [-0.1, -0.05) is 19.1 Å². The highest BCUT2D eigenvalue weighted by Crippen LogP contribution is 2.69. The third-order valence-electron chi connectivity index (χ3n) is 10.2. The van der Waals surface area contributed by atoms with E-state index < -0.39 is 40.5 Å². The van der Waals surface area contributed by atoms with Crippen molar-refractivity contribution in [2.75, 3.05) is 19.4 Å². The molecule has 0 aromatic carbocycles. The minimum Gasteiger partial charge on any atom is -0.389 e. The number of hydrogen-bond donors (Lipinski definition) is 3. The number of aliphatic hydroxyl groups is 2. The van der Waals surface area contributed by atoms with Gasteiger partial charge < -0.3 is 25.2 Å². The Morgan fingerprint density at radius 3 is 2.78 bits per heavy atom. The van der Waals surface area contributed by atoms with E-state index >= 15 is 4.39 Å². The molecule has 8 heteroatoms. The predicted molar refractivity (Wildman–Crippen MR) is 133 cm³/mol. The molecule has 2 spiro atoms. The average Bonchev–Trinajstić information content (AvgIpc) is 3.37. The molecule has 2 aliphatic heterocycles. The molecular formula is C28H36FN3O4. The van der Waals surface area contributed by atoms with Crippen LogP contribution in [0.5, 0.6) is 0 Å². The van der Waals surface area contributed by atoms with Gasteiger partial charge in [-0.3, -0.25) is 9.78 Å². The number of nitrogens with zero attached hydrogens (tertiary/aromatic N) is 2. The Morgan fingerprint density at radius 2 is 2.06 bits per heavy atom. The molecule has 2 saturated heterocycles. The van der Waals surface area contributed by atoms with Crippen LogP contribution >= 0.6 is 0 Å². The lowest BCUT2D eigenvalue weighted by molar-refractivity contribution is -0.283. The second-order valence-corrected chi connectivity index (χ2v) is 12.0. The van der Waals surface area contributed by atoms with Crippen molar-refractivity contribution in [2.45, 2.75) is 87.5 Å². The van der Waals surface area contributed by atoms with E-state index in [-0.39, 0.29) is 18.2 Å². The second kappa shape index (κ2) is 7.69. The van der Waals surface area contributed by atoms with Gasteiger partial charge >= 0.3 is 0 Å². The summed E-state index contributed by atoms with van der Waals surface area (Å²) >= 11 is 0. The Kier molecular flexibility index (Phi) is 5.18. The summed E-state index contributed by atoms with van der Waals surface area (Å²) in [5.41, 5.74) is -1.22. The van der Waals surface area contributed by atoms with Crippen molar-refractivity contribution >= 4 is 11.6 Å². The van der Waals surface area contributed by atoms with E-state index in [4.69, 9.17) is 4.74 Å². The van der Waals surface area contributed by atoms with Gasteiger partial charge in [-0.2, -0.15) is 0 Å². The number of amides is 1. The highest BCUT2D eigenvalue weighted by Gasteiger charge is 2.76. The SMILES string of the molecule is Cc1ncccc1NC(=O)C1=CCC2C1(C)CC=C1CC3(F)C(O)C(O)C(N(C)C)CC34CCC12O4. The number of ether oxygens (including phenoxy) is 1. The highest BCUT2D eigenvalue weighted by atomic mass is 19.1. The number of hydrogen-bond acceptors (Lipinski definition) is 6. The molecule has 1 aromatic heterocycles. The largest absolute Gasteiger partial charge is 0.389 e. The van der Waals surface area contributed by atoms with Crippen LogP contribution in [0.1, 0.15) is 51.1 Å². The standard InChI is InChI=1S/C28H36FN3O4/c1-16-19(6-5-13-30-16)31-24(35)18-7-8-21-25(18,2)10-9-17-14-28(29)23(34)22(33)20(32(3)4)15-26(28)11-12-27(17,21)36-26/h5-7,9,13,20-23,33-34H,8,10-12,14-15H2,1-4H3,(H,31,35). The lowest BCUT2D eigenvalue weighted by Crippen LogP contribution is -2.74. The first-order chi connectivity index (χ1) is 17.0. The molecule has 3 fully saturated rings. The molecule has 1 amide bonds. The number of pyridine rings is 1. The molecule has 1 aromatic rings. The molecule has 36 heavy (non-hydrogen) atoms. The molecule has 5 aliphatic rings. The summed E-state index contributed by atoms with van der Waals surface area (Å²) in [5.74, 6) is -0.122. The van der Waals surface area contributed by atoms with Crippen LogP contribution in [-0.4, -0.2) is 75.2 Å². The number of alkyl halides is 1. The van der Waals surface area contributed by atoms with Crippen molar-refractivity contribution in [3.8, 4) is 0 Å². The normalized spacial score (nSPS) is 44.9. The molecule has 2 bridgehead atoms. The monoisotopic (exact) mass is 497 g/mol. The van der Waals surface area contributed by atoms with Crippen molar-refractivity contribution in [3.05, 3.63) is 47.3 Å². The number of anilines is 1. The summed E-state index contributed by atoms with van der Waals surface area (Å²) in [4.78, 5) is 19.6. The van der Waals surface area contributed by atoms with E-state index in [1.807, 2.05) is 44.1 Å². The van der Waals surface area contributed by atoms with Gasteiger partial charge in [-0.15, -0.1) is 0 Å². The molecule has 6 rings (SSSR count). The molecule has 0 radical (unpaired) electrons. The van der Waals surface area contributed by atoms with Gasteiger partial charge in [0.1, 0.15) is 11.7 Å². The van der Waals surface area contributed by atoms with E-state index in [0.29, 0.717) is 37.8 Å². The van der Waals surface area contributed by atoms with Gasteiger partial charge in [0.15, 0.2) is 5.67 Å². The summed E-state index contributed by atoms with van der Waals surface area (Å²) in [7, 11) is 3.68. The fourth-order valence-electron chi connectivity index (χ4n) is 8.14. The number of carbonyl (C=O) groups is 1. The quantitative estimate of drug-likeness (QED) is 0.556. The van der Waals surface area contributed by atoms with Crippen LogP contribution < -0.4 is 5.32 Å². The van der Waals surface area contributed by atoms with Crippen molar-refractivity contribution in [1.29, 1.82) is 0 Å². The number of aromatic nitrogens is 1. The van der Waals surface area contributed by atoms with E-state index in [2.05, 4.69) is 17.2 Å². The first kappa shape index (κ1) is 24.2. The molecule has 1 saturated carbocycles. The fraction of sp³-hybridized carbons (Fsp3) is 0.643. The van der Waals surface area contributed by atoms with Crippen molar-refractivity contribution in [2.24, 2.45) is 11.3 Å². The molecule has 7 nitrogen and oxygen atoms in total. The van der Waals surface area contributed by atoms with Crippen LogP contribution in [0.15, 0.2) is 41.6 Å². The number of halogens is 1. The van der Waals surface area contributed by atoms with Crippen molar-refractivity contribution in [1.82, 2.24) is 9.88 Å². The second-order valence-electron chi connectivity index (χ2n) is 12.0. The zero-order valence-electron chi connectivity index (χ0n) is 21.4. The number of aryl methyl sites for hydroxylation is 1. The van der Waals surface area contributed by atoms with E-state index in [9.17, 15) is 15.0 Å². The maximum Gasteiger partial charge on any atom is 0.251 e.